The second kappa shape index (κ2) is 4.92. The molecule has 0 aliphatic heterocycles. The molecule has 5 rings (SSSR count). The third kappa shape index (κ3) is 1.76. The van der Waals surface area contributed by atoms with Gasteiger partial charge in [-0.25, -0.2) is 0 Å². The first kappa shape index (κ1) is 14.2. The van der Waals surface area contributed by atoms with Crippen molar-refractivity contribution in [3.05, 3.63) is 68.0 Å². The third-order valence-corrected chi connectivity index (χ3v) is 8.10. The van der Waals surface area contributed by atoms with Crippen molar-refractivity contribution >= 4 is 90.9 Å². The molecule has 0 saturated carbocycles. The molecule has 3 heteroatoms. The van der Waals surface area contributed by atoms with E-state index in [4.69, 9.17) is 0 Å². The van der Waals surface area contributed by atoms with Gasteiger partial charge in [0.05, 0.1) is 0 Å². The third-order valence-electron chi connectivity index (χ3n) is 4.62. The summed E-state index contributed by atoms with van der Waals surface area (Å²) in [6.07, 6.45) is 0. The molecule has 0 saturated heterocycles. The van der Waals surface area contributed by atoms with Crippen molar-refractivity contribution in [3.8, 4) is 0 Å². The first-order valence-electron chi connectivity index (χ1n) is 7.30. The van der Waals surface area contributed by atoms with Crippen molar-refractivity contribution in [1.82, 2.24) is 0 Å². The number of fused-ring (bicyclic) bond motifs is 3. The second-order valence-corrected chi connectivity index (χ2v) is 8.13. The van der Waals surface area contributed by atoms with Crippen molar-refractivity contribution in [3.63, 3.8) is 0 Å². The van der Waals surface area contributed by atoms with E-state index >= 15 is 0 Å². The largest absolute Gasteiger partial charge is 0.0616 e. The maximum atomic E-state index is 3.82. The molecule has 0 nitrogen and oxygen atoms in total. The summed E-state index contributed by atoms with van der Waals surface area (Å²) in [5, 5.41) is 10.4. The van der Waals surface area contributed by atoms with E-state index < -0.39 is 0 Å². The van der Waals surface area contributed by atoms with Gasteiger partial charge in [-0.15, -0.1) is 0 Å². The van der Waals surface area contributed by atoms with Crippen LogP contribution in [0.3, 0.4) is 0 Å². The first-order valence-corrected chi connectivity index (χ1v) is 9.68. The lowest BCUT2D eigenvalue weighted by Gasteiger charge is -2.18. The van der Waals surface area contributed by atoms with Gasteiger partial charge < -0.3 is 0 Å². The minimum absolute atomic E-state index is 1.06. The van der Waals surface area contributed by atoms with E-state index in [1.165, 1.54) is 43.1 Å². The Balaban J connectivity index is 2.33. The van der Waals surface area contributed by atoms with Crippen molar-refractivity contribution in [2.75, 3.05) is 0 Å². The van der Waals surface area contributed by atoms with Gasteiger partial charge >= 0.3 is 0 Å². The predicted octanol–water partition coefficient (Wildman–Crippen LogP) is 8.02. The van der Waals surface area contributed by atoms with Crippen LogP contribution < -0.4 is 0 Å². The van der Waals surface area contributed by atoms with Gasteiger partial charge in [0.2, 0.25) is 0 Å². The summed E-state index contributed by atoms with van der Waals surface area (Å²) in [5.74, 6) is 0. The Labute approximate surface area is 158 Å². The summed E-state index contributed by atoms with van der Waals surface area (Å²) in [7, 11) is 0. The zero-order valence-corrected chi connectivity index (χ0v) is 16.6. The summed E-state index contributed by atoms with van der Waals surface area (Å²) < 4.78 is 3.26. The zero-order valence-electron chi connectivity index (χ0n) is 11.8. The van der Waals surface area contributed by atoms with Crippen LogP contribution in [-0.2, 0) is 0 Å². The highest BCUT2D eigenvalue weighted by Gasteiger charge is 2.19. The minimum atomic E-state index is 1.06. The van der Waals surface area contributed by atoms with Gasteiger partial charge in [0.15, 0.2) is 0 Å². The fraction of sp³-hybridized carbons (Fsp3) is 0. The normalized spacial score (nSPS) is 12.1. The minimum Gasteiger partial charge on any atom is -0.0616 e. The van der Waals surface area contributed by atoms with Crippen LogP contribution in [0.4, 0.5) is 0 Å². The molecule has 0 heterocycles. The number of halogens is 3. The van der Waals surface area contributed by atoms with Crippen LogP contribution >= 0.6 is 47.8 Å². The van der Waals surface area contributed by atoms with Gasteiger partial charge in [0.1, 0.15) is 0 Å². The molecule has 0 unspecified atom stereocenters. The first-order chi connectivity index (χ1) is 11.2. The molecule has 0 spiro atoms. The average Bonchev–Trinajstić information content (AvgIpc) is 2.59. The number of hydrogen-bond acceptors (Lipinski definition) is 0. The van der Waals surface area contributed by atoms with E-state index in [-0.39, 0.29) is 0 Å². The summed E-state index contributed by atoms with van der Waals surface area (Å²) in [4.78, 5) is 0. The Morgan fingerprint density at radius 2 is 1.13 bits per heavy atom. The quantitative estimate of drug-likeness (QED) is 0.117. The summed E-state index contributed by atoms with van der Waals surface area (Å²) in [5.41, 5.74) is 0. The van der Waals surface area contributed by atoms with Gasteiger partial charge in [-0.2, -0.15) is 0 Å². The molecule has 0 aliphatic rings. The summed E-state index contributed by atoms with van der Waals surface area (Å²) >= 11 is 11.3. The maximum absolute atomic E-state index is 3.82. The summed E-state index contributed by atoms with van der Waals surface area (Å²) in [6, 6.07) is 19.6. The summed E-state index contributed by atoms with van der Waals surface area (Å²) in [6.45, 7) is 0. The molecule has 5 aromatic rings. The van der Waals surface area contributed by atoms with Gasteiger partial charge in [-0.3, -0.25) is 0 Å². The van der Waals surface area contributed by atoms with Crippen molar-refractivity contribution < 1.29 is 0 Å². The smallest absolute Gasteiger partial charge is 0.0472 e. The lowest BCUT2D eigenvalue weighted by Crippen LogP contribution is -1.90. The van der Waals surface area contributed by atoms with Crippen LogP contribution in [0, 0.1) is 0 Å². The molecule has 23 heavy (non-hydrogen) atoms. The molecule has 0 fully saturated rings. The van der Waals surface area contributed by atoms with Crippen LogP contribution in [0.25, 0.3) is 43.1 Å². The SMILES string of the molecule is Brc1c(Br)c2ccc3cccc4c5ccccc5c(c1Br)c2c34. The Morgan fingerprint density at radius 1 is 0.435 bits per heavy atom. The van der Waals surface area contributed by atoms with Crippen molar-refractivity contribution in [2.24, 2.45) is 0 Å². The molecule has 5 aromatic carbocycles. The monoisotopic (exact) mass is 486 g/mol. The molecule has 0 bridgehead atoms. The van der Waals surface area contributed by atoms with E-state index in [2.05, 4.69) is 102 Å². The Hall–Kier alpha value is -1.16. The molecular formula is C20H9Br3. The number of hydrogen-bond donors (Lipinski definition) is 0. The Bertz CT molecular complexity index is 1240. The van der Waals surface area contributed by atoms with E-state index in [1.54, 1.807) is 0 Å². The predicted molar refractivity (Wildman–Crippen MR) is 111 cm³/mol. The van der Waals surface area contributed by atoms with Crippen molar-refractivity contribution in [2.45, 2.75) is 0 Å². The number of benzene rings is 5. The van der Waals surface area contributed by atoms with Gasteiger partial charge in [-0.1, -0.05) is 54.6 Å². The van der Waals surface area contributed by atoms with Gasteiger partial charge in [0, 0.05) is 24.2 Å². The molecule has 0 N–H and O–H groups in total. The van der Waals surface area contributed by atoms with Crippen LogP contribution in [0.15, 0.2) is 68.0 Å². The lowest BCUT2D eigenvalue weighted by molar-refractivity contribution is 1.65. The molecule has 110 valence electrons. The fourth-order valence-corrected chi connectivity index (χ4v) is 5.49. The van der Waals surface area contributed by atoms with Gasteiger partial charge in [0.25, 0.3) is 0 Å². The zero-order chi connectivity index (χ0) is 15.7. The van der Waals surface area contributed by atoms with E-state index in [0.717, 1.165) is 13.4 Å². The molecule has 0 amide bonds. The highest BCUT2D eigenvalue weighted by molar-refractivity contribution is 9.14. The molecule has 0 aliphatic carbocycles. The fourth-order valence-electron chi connectivity index (χ4n) is 3.67. The second-order valence-electron chi connectivity index (χ2n) is 5.75. The molecule has 0 atom stereocenters. The topological polar surface area (TPSA) is 0 Å². The van der Waals surface area contributed by atoms with E-state index in [9.17, 15) is 0 Å². The van der Waals surface area contributed by atoms with Crippen molar-refractivity contribution in [1.29, 1.82) is 0 Å². The highest BCUT2D eigenvalue weighted by atomic mass is 79.9. The van der Waals surface area contributed by atoms with E-state index in [0.29, 0.717) is 0 Å². The highest BCUT2D eigenvalue weighted by Crippen LogP contribution is 2.49. The Morgan fingerprint density at radius 3 is 1.96 bits per heavy atom. The van der Waals surface area contributed by atoms with Crippen LogP contribution in [-0.4, -0.2) is 0 Å². The molecular weight excluding hydrogens is 480 g/mol. The Kier molecular flexibility index (Phi) is 3.04. The maximum Gasteiger partial charge on any atom is 0.0472 e. The molecule has 0 radical (unpaired) electrons. The average molecular weight is 489 g/mol. The number of rotatable bonds is 0. The van der Waals surface area contributed by atoms with Crippen LogP contribution in [0.5, 0.6) is 0 Å². The van der Waals surface area contributed by atoms with Gasteiger partial charge in [-0.05, 0) is 80.1 Å². The lowest BCUT2D eigenvalue weighted by atomic mass is 9.89. The standard InChI is InChI=1S/C20H9Br3/c21-18-14-9-8-10-4-3-7-12-11-5-1-2-6-13(11)17(16(14)15(10)12)19(22)20(18)23/h1-9H. The van der Waals surface area contributed by atoms with E-state index in [1.807, 2.05) is 0 Å². The molecule has 0 aromatic heterocycles. The van der Waals surface area contributed by atoms with Crippen LogP contribution in [0.1, 0.15) is 0 Å². The van der Waals surface area contributed by atoms with Crippen LogP contribution in [0.2, 0.25) is 0 Å².